The summed E-state index contributed by atoms with van der Waals surface area (Å²) in [6.07, 6.45) is -0.691. The van der Waals surface area contributed by atoms with Gasteiger partial charge in [0.15, 0.2) is 6.10 Å². The van der Waals surface area contributed by atoms with E-state index in [1.165, 1.54) is 0 Å². The standard InChI is InChI=1S/C16H15Cl2NO3/c1-10(22-13-6-7-14(17)15(18)9-13)16(20)19-11-4-3-5-12(8-11)21-2/h3-10H,1-2H3,(H,19,20)/t10-/m1/s1. The molecule has 0 aromatic heterocycles. The third-order valence-electron chi connectivity index (χ3n) is 2.91. The van der Waals surface area contributed by atoms with E-state index in [-0.39, 0.29) is 5.91 Å². The van der Waals surface area contributed by atoms with Gasteiger partial charge in [-0.05, 0) is 31.2 Å². The molecule has 2 rings (SSSR count). The third-order valence-corrected chi connectivity index (χ3v) is 3.65. The first-order valence-corrected chi connectivity index (χ1v) is 7.32. The lowest BCUT2D eigenvalue weighted by Gasteiger charge is -2.15. The first kappa shape index (κ1) is 16.5. The molecule has 0 radical (unpaired) electrons. The van der Waals surface area contributed by atoms with E-state index in [0.29, 0.717) is 27.2 Å². The van der Waals surface area contributed by atoms with E-state index in [0.717, 1.165) is 0 Å². The van der Waals surface area contributed by atoms with Gasteiger partial charge >= 0.3 is 0 Å². The van der Waals surface area contributed by atoms with Crippen molar-refractivity contribution in [2.24, 2.45) is 0 Å². The number of carbonyl (C=O) groups excluding carboxylic acids is 1. The summed E-state index contributed by atoms with van der Waals surface area (Å²) in [5.41, 5.74) is 0.633. The predicted molar refractivity (Wildman–Crippen MR) is 88.2 cm³/mol. The van der Waals surface area contributed by atoms with Gasteiger partial charge in [0.05, 0.1) is 17.2 Å². The first-order chi connectivity index (χ1) is 10.5. The molecule has 0 fully saturated rings. The fourth-order valence-electron chi connectivity index (χ4n) is 1.75. The van der Waals surface area contributed by atoms with E-state index in [1.807, 2.05) is 0 Å². The van der Waals surface area contributed by atoms with Crippen molar-refractivity contribution in [3.63, 3.8) is 0 Å². The molecule has 0 saturated carbocycles. The SMILES string of the molecule is COc1cccc(NC(=O)[C@@H](C)Oc2ccc(Cl)c(Cl)c2)c1. The lowest BCUT2D eigenvalue weighted by molar-refractivity contribution is -0.122. The smallest absolute Gasteiger partial charge is 0.265 e. The molecule has 4 nitrogen and oxygen atoms in total. The van der Waals surface area contributed by atoms with Crippen LogP contribution < -0.4 is 14.8 Å². The van der Waals surface area contributed by atoms with Gasteiger partial charge in [0.25, 0.3) is 5.91 Å². The van der Waals surface area contributed by atoms with Crippen LogP contribution in [0.5, 0.6) is 11.5 Å². The zero-order chi connectivity index (χ0) is 16.1. The number of hydrogen-bond acceptors (Lipinski definition) is 3. The largest absolute Gasteiger partial charge is 0.497 e. The van der Waals surface area contributed by atoms with Crippen molar-refractivity contribution >= 4 is 34.8 Å². The van der Waals surface area contributed by atoms with Crippen LogP contribution >= 0.6 is 23.2 Å². The molecule has 22 heavy (non-hydrogen) atoms. The number of nitrogens with one attached hydrogen (secondary N) is 1. The molecule has 1 N–H and O–H groups in total. The van der Waals surface area contributed by atoms with E-state index in [9.17, 15) is 4.79 Å². The summed E-state index contributed by atoms with van der Waals surface area (Å²) in [7, 11) is 1.57. The predicted octanol–water partition coefficient (Wildman–Crippen LogP) is 4.41. The Bertz CT molecular complexity index is 676. The van der Waals surface area contributed by atoms with Crippen molar-refractivity contribution in [1.29, 1.82) is 0 Å². The van der Waals surface area contributed by atoms with E-state index >= 15 is 0 Å². The Balaban J connectivity index is 2.00. The van der Waals surface area contributed by atoms with Crippen molar-refractivity contribution in [2.45, 2.75) is 13.0 Å². The van der Waals surface area contributed by atoms with E-state index < -0.39 is 6.10 Å². The van der Waals surface area contributed by atoms with Crippen LogP contribution in [0, 0.1) is 0 Å². The molecule has 0 spiro atoms. The number of benzene rings is 2. The molecular weight excluding hydrogens is 325 g/mol. The van der Waals surface area contributed by atoms with Crippen molar-refractivity contribution in [3.05, 3.63) is 52.5 Å². The molecule has 0 heterocycles. The normalized spacial score (nSPS) is 11.6. The average molecular weight is 340 g/mol. The molecule has 1 atom stereocenters. The molecule has 0 saturated heterocycles. The van der Waals surface area contributed by atoms with Crippen LogP contribution in [-0.4, -0.2) is 19.1 Å². The van der Waals surface area contributed by atoms with Gasteiger partial charge in [-0.15, -0.1) is 0 Å². The molecule has 116 valence electrons. The van der Waals surface area contributed by atoms with Gasteiger partial charge in [0.1, 0.15) is 11.5 Å². The monoisotopic (exact) mass is 339 g/mol. The van der Waals surface area contributed by atoms with Gasteiger partial charge in [-0.2, -0.15) is 0 Å². The molecule has 0 aliphatic carbocycles. The summed E-state index contributed by atoms with van der Waals surface area (Å²) in [6, 6.07) is 11.9. The zero-order valence-electron chi connectivity index (χ0n) is 12.1. The molecule has 2 aromatic carbocycles. The molecular formula is C16H15Cl2NO3. The molecule has 0 bridgehead atoms. The Morgan fingerprint density at radius 2 is 1.86 bits per heavy atom. The van der Waals surface area contributed by atoms with E-state index in [1.54, 1.807) is 56.5 Å². The Hall–Kier alpha value is -1.91. The number of hydrogen-bond donors (Lipinski definition) is 1. The van der Waals surface area contributed by atoms with Crippen molar-refractivity contribution in [3.8, 4) is 11.5 Å². The lowest BCUT2D eigenvalue weighted by atomic mass is 10.2. The Morgan fingerprint density at radius 1 is 1.09 bits per heavy atom. The molecule has 1 amide bonds. The number of methoxy groups -OCH3 is 1. The van der Waals surface area contributed by atoms with Crippen molar-refractivity contribution < 1.29 is 14.3 Å². The van der Waals surface area contributed by atoms with Gasteiger partial charge in [0, 0.05) is 17.8 Å². The molecule has 0 aliphatic heterocycles. The van der Waals surface area contributed by atoms with E-state index in [2.05, 4.69) is 5.32 Å². The minimum Gasteiger partial charge on any atom is -0.497 e. The maximum absolute atomic E-state index is 12.1. The summed E-state index contributed by atoms with van der Waals surface area (Å²) >= 11 is 11.8. The number of anilines is 1. The van der Waals surface area contributed by atoms with Crippen LogP contribution in [0.15, 0.2) is 42.5 Å². The van der Waals surface area contributed by atoms with Gasteiger partial charge in [-0.25, -0.2) is 0 Å². The lowest BCUT2D eigenvalue weighted by Crippen LogP contribution is -2.30. The molecule has 0 aliphatic rings. The highest BCUT2D eigenvalue weighted by Gasteiger charge is 2.15. The summed E-state index contributed by atoms with van der Waals surface area (Å²) in [5, 5.41) is 3.57. The summed E-state index contributed by atoms with van der Waals surface area (Å²) in [6.45, 7) is 1.65. The average Bonchev–Trinajstić information content (AvgIpc) is 2.51. The molecule has 2 aromatic rings. The maximum atomic E-state index is 12.1. The number of halogens is 2. The number of amides is 1. The third kappa shape index (κ3) is 4.29. The minimum atomic E-state index is -0.691. The summed E-state index contributed by atoms with van der Waals surface area (Å²) in [4.78, 5) is 12.1. The highest BCUT2D eigenvalue weighted by atomic mass is 35.5. The van der Waals surface area contributed by atoms with E-state index in [4.69, 9.17) is 32.7 Å². The Labute approximate surface area is 138 Å². The van der Waals surface area contributed by atoms with Crippen LogP contribution in [0.2, 0.25) is 10.0 Å². The Kier molecular flexibility index (Phi) is 5.52. The van der Waals surface area contributed by atoms with Crippen molar-refractivity contribution in [1.82, 2.24) is 0 Å². The number of rotatable bonds is 5. The summed E-state index contributed by atoms with van der Waals surface area (Å²) < 4.78 is 10.7. The first-order valence-electron chi connectivity index (χ1n) is 6.56. The van der Waals surface area contributed by atoms with Crippen LogP contribution in [0.4, 0.5) is 5.69 Å². The van der Waals surface area contributed by atoms with Gasteiger partial charge in [-0.3, -0.25) is 4.79 Å². The molecule has 6 heteroatoms. The van der Waals surface area contributed by atoms with Crippen LogP contribution in [0.25, 0.3) is 0 Å². The molecule has 0 unspecified atom stereocenters. The van der Waals surface area contributed by atoms with Crippen LogP contribution in [0.1, 0.15) is 6.92 Å². The zero-order valence-corrected chi connectivity index (χ0v) is 13.6. The quantitative estimate of drug-likeness (QED) is 0.877. The second kappa shape index (κ2) is 7.38. The summed E-state index contributed by atoms with van der Waals surface area (Å²) in [5.74, 6) is 0.859. The number of carbonyl (C=O) groups is 1. The topological polar surface area (TPSA) is 47.6 Å². The van der Waals surface area contributed by atoms with Crippen LogP contribution in [0.3, 0.4) is 0 Å². The van der Waals surface area contributed by atoms with Crippen molar-refractivity contribution in [2.75, 3.05) is 12.4 Å². The second-order valence-corrected chi connectivity index (χ2v) is 5.37. The van der Waals surface area contributed by atoms with Crippen LogP contribution in [-0.2, 0) is 4.79 Å². The highest BCUT2D eigenvalue weighted by molar-refractivity contribution is 6.42. The van der Waals surface area contributed by atoms with Gasteiger partial charge in [0.2, 0.25) is 0 Å². The number of ether oxygens (including phenoxy) is 2. The fourth-order valence-corrected chi connectivity index (χ4v) is 2.04. The van der Waals surface area contributed by atoms with Gasteiger partial charge in [-0.1, -0.05) is 29.3 Å². The Morgan fingerprint density at radius 3 is 2.55 bits per heavy atom. The van der Waals surface area contributed by atoms with Gasteiger partial charge < -0.3 is 14.8 Å². The second-order valence-electron chi connectivity index (χ2n) is 4.56. The fraction of sp³-hybridized carbons (Fsp3) is 0.188. The minimum absolute atomic E-state index is 0.278. The highest BCUT2D eigenvalue weighted by Crippen LogP contribution is 2.27. The maximum Gasteiger partial charge on any atom is 0.265 e.